The first-order valence-electron chi connectivity index (χ1n) is 7.43. The van der Waals surface area contributed by atoms with Crippen LogP contribution in [0.25, 0.3) is 0 Å². The van der Waals surface area contributed by atoms with Crippen molar-refractivity contribution in [2.24, 2.45) is 0 Å². The number of carbonyl (C=O) groups excluding carboxylic acids is 1. The largest absolute Gasteiger partial charge is 0.325 e. The van der Waals surface area contributed by atoms with E-state index in [0.717, 1.165) is 10.9 Å². The number of rotatable bonds is 6. The Balaban J connectivity index is 1.80. The summed E-state index contributed by atoms with van der Waals surface area (Å²) in [5.41, 5.74) is 0.872. The molecule has 2 N–H and O–H groups in total. The molecule has 0 atom stereocenters. The summed E-state index contributed by atoms with van der Waals surface area (Å²) >= 11 is 1.97. The van der Waals surface area contributed by atoms with E-state index in [1.54, 1.807) is 0 Å². The fourth-order valence-electron chi connectivity index (χ4n) is 2.32. The molecule has 0 aromatic heterocycles. The molecule has 1 aliphatic rings. The van der Waals surface area contributed by atoms with Crippen LogP contribution in [0.2, 0.25) is 0 Å². The van der Waals surface area contributed by atoms with Crippen molar-refractivity contribution in [2.75, 3.05) is 11.9 Å². The molecule has 20 heavy (non-hydrogen) atoms. The van der Waals surface area contributed by atoms with Crippen LogP contribution in [0.4, 0.5) is 5.69 Å². The Labute approximate surface area is 125 Å². The Morgan fingerprint density at radius 3 is 2.50 bits per heavy atom. The van der Waals surface area contributed by atoms with Crippen LogP contribution in [-0.2, 0) is 4.79 Å². The van der Waals surface area contributed by atoms with Gasteiger partial charge in [-0.05, 0) is 37.1 Å². The molecule has 1 aromatic carbocycles. The second-order valence-corrected chi connectivity index (χ2v) is 7.01. The first kappa shape index (κ1) is 15.4. The lowest BCUT2D eigenvalue weighted by molar-refractivity contribution is -0.115. The number of benzene rings is 1. The number of carbonyl (C=O) groups is 1. The summed E-state index contributed by atoms with van der Waals surface area (Å²) in [7, 11) is 0. The highest BCUT2D eigenvalue weighted by Crippen LogP contribution is 2.34. The zero-order chi connectivity index (χ0) is 14.4. The molecule has 0 aliphatic heterocycles. The average Bonchev–Trinajstić information content (AvgIpc) is 2.92. The van der Waals surface area contributed by atoms with Crippen LogP contribution < -0.4 is 10.6 Å². The molecule has 1 aliphatic carbocycles. The van der Waals surface area contributed by atoms with Crippen molar-refractivity contribution in [1.29, 1.82) is 0 Å². The maximum absolute atomic E-state index is 11.7. The van der Waals surface area contributed by atoms with Crippen molar-refractivity contribution >= 4 is 23.4 Å². The van der Waals surface area contributed by atoms with E-state index in [9.17, 15) is 4.79 Å². The number of nitrogens with one attached hydrogen (secondary N) is 2. The van der Waals surface area contributed by atoms with E-state index in [-0.39, 0.29) is 5.91 Å². The van der Waals surface area contributed by atoms with Gasteiger partial charge in [0.15, 0.2) is 0 Å². The highest BCUT2D eigenvalue weighted by molar-refractivity contribution is 8.00. The van der Waals surface area contributed by atoms with Crippen LogP contribution in [0.1, 0.15) is 39.5 Å². The van der Waals surface area contributed by atoms with Gasteiger partial charge in [-0.3, -0.25) is 4.79 Å². The van der Waals surface area contributed by atoms with Gasteiger partial charge < -0.3 is 10.6 Å². The van der Waals surface area contributed by atoms with Gasteiger partial charge in [0.25, 0.3) is 0 Å². The second kappa shape index (κ2) is 7.70. The Morgan fingerprint density at radius 1 is 1.25 bits per heavy atom. The van der Waals surface area contributed by atoms with Gasteiger partial charge in [0.1, 0.15) is 0 Å². The Bertz CT molecular complexity index is 425. The predicted octanol–water partition coefficient (Wildman–Crippen LogP) is 3.66. The number of hydrogen-bond donors (Lipinski definition) is 2. The van der Waals surface area contributed by atoms with E-state index in [2.05, 4.69) is 22.8 Å². The SMILES string of the molecule is CC(C)NCC(=O)Nc1ccc(SC2CCCC2)cc1. The molecule has 110 valence electrons. The molecule has 0 heterocycles. The van der Waals surface area contributed by atoms with Crippen molar-refractivity contribution < 1.29 is 4.79 Å². The maximum atomic E-state index is 11.7. The van der Waals surface area contributed by atoms with E-state index < -0.39 is 0 Å². The molecule has 2 rings (SSSR count). The fourth-order valence-corrected chi connectivity index (χ4v) is 3.56. The summed E-state index contributed by atoms with van der Waals surface area (Å²) in [5, 5.41) is 6.80. The number of amides is 1. The lowest BCUT2D eigenvalue weighted by atomic mass is 10.3. The normalized spacial score (nSPS) is 15.8. The van der Waals surface area contributed by atoms with Crippen molar-refractivity contribution in [3.8, 4) is 0 Å². The predicted molar refractivity (Wildman–Crippen MR) is 86.3 cm³/mol. The molecule has 1 saturated carbocycles. The smallest absolute Gasteiger partial charge is 0.238 e. The lowest BCUT2D eigenvalue weighted by Gasteiger charge is -2.11. The van der Waals surface area contributed by atoms with E-state index in [4.69, 9.17) is 0 Å². The van der Waals surface area contributed by atoms with Gasteiger partial charge in [-0.2, -0.15) is 0 Å². The molecule has 4 heteroatoms. The van der Waals surface area contributed by atoms with Gasteiger partial charge in [0, 0.05) is 21.9 Å². The molecule has 0 bridgehead atoms. The van der Waals surface area contributed by atoms with Crippen molar-refractivity contribution in [3.05, 3.63) is 24.3 Å². The first-order valence-corrected chi connectivity index (χ1v) is 8.31. The molecular weight excluding hydrogens is 268 g/mol. The van der Waals surface area contributed by atoms with Gasteiger partial charge in [0.2, 0.25) is 5.91 Å². The summed E-state index contributed by atoms with van der Waals surface area (Å²) < 4.78 is 0. The average molecular weight is 292 g/mol. The van der Waals surface area contributed by atoms with E-state index in [0.29, 0.717) is 12.6 Å². The molecule has 1 fully saturated rings. The maximum Gasteiger partial charge on any atom is 0.238 e. The summed E-state index contributed by atoms with van der Waals surface area (Å²) in [5.74, 6) is 0.00916. The molecule has 3 nitrogen and oxygen atoms in total. The molecular formula is C16H24N2OS. The summed E-state index contributed by atoms with van der Waals surface area (Å²) in [4.78, 5) is 13.0. The van der Waals surface area contributed by atoms with E-state index >= 15 is 0 Å². The zero-order valence-corrected chi connectivity index (χ0v) is 13.1. The third kappa shape index (κ3) is 5.17. The monoisotopic (exact) mass is 292 g/mol. The third-order valence-electron chi connectivity index (χ3n) is 3.41. The van der Waals surface area contributed by atoms with Crippen LogP contribution in [0, 0.1) is 0 Å². The topological polar surface area (TPSA) is 41.1 Å². The minimum atomic E-state index is 0.00916. The summed E-state index contributed by atoms with van der Waals surface area (Å²) in [6, 6.07) is 8.52. The molecule has 0 unspecified atom stereocenters. The van der Waals surface area contributed by atoms with Gasteiger partial charge in [0.05, 0.1) is 6.54 Å². The summed E-state index contributed by atoms with van der Waals surface area (Å²) in [6.07, 6.45) is 5.41. The lowest BCUT2D eigenvalue weighted by Crippen LogP contribution is -2.32. The highest BCUT2D eigenvalue weighted by atomic mass is 32.2. The Hall–Kier alpha value is -1.00. The highest BCUT2D eigenvalue weighted by Gasteiger charge is 2.15. The Kier molecular flexibility index (Phi) is 5.92. The van der Waals surface area contributed by atoms with E-state index in [1.165, 1.54) is 30.6 Å². The number of hydrogen-bond acceptors (Lipinski definition) is 3. The van der Waals surface area contributed by atoms with Crippen LogP contribution in [0.5, 0.6) is 0 Å². The van der Waals surface area contributed by atoms with Gasteiger partial charge in [-0.1, -0.05) is 26.7 Å². The van der Waals surface area contributed by atoms with E-state index in [1.807, 2.05) is 37.7 Å². The van der Waals surface area contributed by atoms with Crippen molar-refractivity contribution in [2.45, 2.75) is 55.7 Å². The number of anilines is 1. The van der Waals surface area contributed by atoms with Gasteiger partial charge in [-0.15, -0.1) is 11.8 Å². The van der Waals surface area contributed by atoms with Crippen LogP contribution >= 0.6 is 11.8 Å². The number of thioether (sulfide) groups is 1. The standard InChI is InChI=1S/C16H24N2OS/c1-12(2)17-11-16(19)18-13-7-9-15(10-8-13)20-14-5-3-4-6-14/h7-10,12,14,17H,3-6,11H2,1-2H3,(H,18,19). The van der Waals surface area contributed by atoms with Crippen molar-refractivity contribution in [3.63, 3.8) is 0 Å². The van der Waals surface area contributed by atoms with Gasteiger partial charge in [-0.25, -0.2) is 0 Å². The molecule has 1 aromatic rings. The van der Waals surface area contributed by atoms with Crippen molar-refractivity contribution in [1.82, 2.24) is 5.32 Å². The zero-order valence-electron chi connectivity index (χ0n) is 12.3. The van der Waals surface area contributed by atoms with Crippen LogP contribution in [-0.4, -0.2) is 23.7 Å². The second-order valence-electron chi connectivity index (χ2n) is 5.63. The molecule has 1 amide bonds. The molecule has 0 saturated heterocycles. The molecule has 0 spiro atoms. The summed E-state index contributed by atoms with van der Waals surface area (Å²) in [6.45, 7) is 4.42. The first-order chi connectivity index (χ1) is 9.63. The minimum absolute atomic E-state index is 0.00916. The Morgan fingerprint density at radius 2 is 1.90 bits per heavy atom. The van der Waals surface area contributed by atoms with Crippen LogP contribution in [0.3, 0.4) is 0 Å². The fraction of sp³-hybridized carbons (Fsp3) is 0.562. The quantitative estimate of drug-likeness (QED) is 0.841. The third-order valence-corrected chi connectivity index (χ3v) is 4.76. The minimum Gasteiger partial charge on any atom is -0.325 e. The van der Waals surface area contributed by atoms with Gasteiger partial charge >= 0.3 is 0 Å². The van der Waals surface area contributed by atoms with Crippen LogP contribution in [0.15, 0.2) is 29.2 Å². The molecule has 0 radical (unpaired) electrons.